The molecule has 6 atom stereocenters. The summed E-state index contributed by atoms with van der Waals surface area (Å²) in [6.07, 6.45) is 10.3. The van der Waals surface area contributed by atoms with Crippen molar-refractivity contribution < 1.29 is 13.9 Å². The molecule has 0 spiro atoms. The van der Waals surface area contributed by atoms with Crippen LogP contribution in [0.5, 0.6) is 0 Å². The zero-order valence-corrected chi connectivity index (χ0v) is 21.0. The molecule has 2 aromatic rings. The molecule has 180 valence electrons. The van der Waals surface area contributed by atoms with E-state index in [4.69, 9.17) is 9.72 Å². The number of anilines is 2. The maximum atomic E-state index is 13.6. The van der Waals surface area contributed by atoms with Crippen molar-refractivity contribution in [3.63, 3.8) is 0 Å². The van der Waals surface area contributed by atoms with E-state index in [0.717, 1.165) is 42.9 Å². The molecule has 0 unspecified atom stereocenters. The highest BCUT2D eigenvalue weighted by Crippen LogP contribution is 2.66. The standard InChI is InChI=1S/C28H33FN2O2S/c1-16(32)33-24-10-9-20-19-7-8-22-25-23(12-14-27(22,2)21(19)11-13-28(20,24)3)31-26(34-25)30-18-6-4-5-17(29)15-18/h4-6,8,15,19-21,24H,7,9-14H2,1-3H3,(H,30,31)/t19-,20-,21-,24-,27+,28-/m0/s1. The fourth-order valence-corrected chi connectivity index (χ4v) is 9.17. The maximum Gasteiger partial charge on any atom is 0.302 e. The van der Waals surface area contributed by atoms with E-state index < -0.39 is 0 Å². The van der Waals surface area contributed by atoms with Crippen LogP contribution in [0, 0.1) is 34.4 Å². The van der Waals surface area contributed by atoms with Gasteiger partial charge in [-0.05, 0) is 91.9 Å². The smallest absolute Gasteiger partial charge is 0.302 e. The second-order valence-electron chi connectivity index (χ2n) is 11.3. The van der Waals surface area contributed by atoms with Gasteiger partial charge in [-0.15, -0.1) is 0 Å². The lowest BCUT2D eigenvalue weighted by Gasteiger charge is -2.56. The van der Waals surface area contributed by atoms with Crippen molar-refractivity contribution in [2.24, 2.45) is 28.6 Å². The molecule has 4 aliphatic rings. The minimum atomic E-state index is -0.243. The van der Waals surface area contributed by atoms with Crippen LogP contribution < -0.4 is 5.32 Å². The van der Waals surface area contributed by atoms with Crippen molar-refractivity contribution in [3.8, 4) is 0 Å². The van der Waals surface area contributed by atoms with E-state index in [1.54, 1.807) is 24.3 Å². The van der Waals surface area contributed by atoms with Crippen molar-refractivity contribution in [1.29, 1.82) is 0 Å². The average molecular weight is 481 g/mol. The van der Waals surface area contributed by atoms with E-state index in [0.29, 0.717) is 17.8 Å². The van der Waals surface area contributed by atoms with Crippen LogP contribution in [0.15, 0.2) is 30.3 Å². The molecule has 0 aliphatic heterocycles. The van der Waals surface area contributed by atoms with E-state index in [1.807, 2.05) is 6.07 Å². The van der Waals surface area contributed by atoms with Crippen molar-refractivity contribution in [2.75, 3.05) is 5.32 Å². The van der Waals surface area contributed by atoms with Gasteiger partial charge < -0.3 is 10.1 Å². The first-order valence-corrected chi connectivity index (χ1v) is 13.5. The van der Waals surface area contributed by atoms with E-state index in [-0.39, 0.29) is 28.7 Å². The van der Waals surface area contributed by atoms with Crippen LogP contribution in [-0.4, -0.2) is 17.1 Å². The molecule has 2 saturated carbocycles. The monoisotopic (exact) mass is 480 g/mol. The van der Waals surface area contributed by atoms with Gasteiger partial charge in [0.15, 0.2) is 5.13 Å². The van der Waals surface area contributed by atoms with Gasteiger partial charge in [0.1, 0.15) is 11.9 Å². The third-order valence-electron chi connectivity index (χ3n) is 9.59. The van der Waals surface area contributed by atoms with Gasteiger partial charge in [-0.1, -0.05) is 37.3 Å². The summed E-state index contributed by atoms with van der Waals surface area (Å²) in [5, 5.41) is 4.17. The fourth-order valence-electron chi connectivity index (χ4n) is 7.96. The molecule has 1 aromatic heterocycles. The number of hydrogen-bond acceptors (Lipinski definition) is 5. The lowest BCUT2D eigenvalue weighted by atomic mass is 9.48. The normalized spacial score (nSPS) is 35.9. The zero-order valence-electron chi connectivity index (χ0n) is 20.2. The van der Waals surface area contributed by atoms with Gasteiger partial charge in [-0.25, -0.2) is 9.37 Å². The summed E-state index contributed by atoms with van der Waals surface area (Å²) in [6.45, 7) is 6.41. The highest BCUT2D eigenvalue weighted by atomic mass is 32.1. The molecule has 6 rings (SSSR count). The Morgan fingerprint density at radius 3 is 2.85 bits per heavy atom. The predicted octanol–water partition coefficient (Wildman–Crippen LogP) is 7.14. The number of aromatic nitrogens is 1. The Morgan fingerprint density at radius 1 is 1.21 bits per heavy atom. The highest BCUT2D eigenvalue weighted by Gasteiger charge is 2.59. The molecule has 34 heavy (non-hydrogen) atoms. The number of fused-ring (bicyclic) bond motifs is 7. The number of esters is 1. The third-order valence-corrected chi connectivity index (χ3v) is 10.6. The van der Waals surface area contributed by atoms with Gasteiger partial charge in [0.05, 0.1) is 10.6 Å². The molecule has 2 fully saturated rings. The fraction of sp³-hybridized carbons (Fsp3) is 0.571. The van der Waals surface area contributed by atoms with Crippen LogP contribution in [0.2, 0.25) is 0 Å². The number of carbonyl (C=O) groups is 1. The van der Waals surface area contributed by atoms with Gasteiger partial charge in [0, 0.05) is 18.0 Å². The molecule has 0 amide bonds. The minimum Gasteiger partial charge on any atom is -0.462 e. The number of ether oxygens (including phenoxy) is 1. The first kappa shape index (κ1) is 22.3. The molecule has 0 radical (unpaired) electrons. The highest BCUT2D eigenvalue weighted by molar-refractivity contribution is 7.16. The topological polar surface area (TPSA) is 51.2 Å². The Balaban J connectivity index is 1.29. The van der Waals surface area contributed by atoms with Crippen LogP contribution in [0.4, 0.5) is 15.2 Å². The molecule has 1 N–H and O–H groups in total. The number of aryl methyl sites for hydroxylation is 1. The van der Waals surface area contributed by atoms with E-state index in [1.165, 1.54) is 41.1 Å². The summed E-state index contributed by atoms with van der Waals surface area (Å²) < 4.78 is 19.5. The third kappa shape index (κ3) is 3.35. The second kappa shape index (κ2) is 7.91. The molecule has 6 heteroatoms. The molecular weight excluding hydrogens is 447 g/mol. The Bertz CT molecular complexity index is 1170. The van der Waals surface area contributed by atoms with Crippen LogP contribution in [0.25, 0.3) is 5.57 Å². The van der Waals surface area contributed by atoms with Gasteiger partial charge in [0.2, 0.25) is 0 Å². The Hall–Kier alpha value is -2.21. The maximum absolute atomic E-state index is 13.6. The predicted molar refractivity (Wildman–Crippen MR) is 133 cm³/mol. The van der Waals surface area contributed by atoms with Crippen LogP contribution in [-0.2, 0) is 16.0 Å². The van der Waals surface area contributed by atoms with Crippen molar-refractivity contribution in [3.05, 3.63) is 46.7 Å². The van der Waals surface area contributed by atoms with E-state index in [9.17, 15) is 9.18 Å². The molecule has 0 saturated heterocycles. The lowest BCUT2D eigenvalue weighted by Crippen LogP contribution is -2.50. The lowest BCUT2D eigenvalue weighted by molar-refractivity contribution is -0.156. The molecule has 1 aromatic carbocycles. The summed E-state index contributed by atoms with van der Waals surface area (Å²) in [6, 6.07) is 6.57. The SMILES string of the molecule is CC(=O)O[C@H]1CC[C@H]2[C@@H]3CC=C4c5sc(Nc6cccc(F)c6)nc5CC[C@]4(C)[C@H]3CC[C@]12C. The zero-order chi connectivity index (χ0) is 23.7. The molecule has 0 bridgehead atoms. The number of benzene rings is 1. The molecule has 1 heterocycles. The number of rotatable bonds is 3. The van der Waals surface area contributed by atoms with Crippen molar-refractivity contribution in [1.82, 2.24) is 4.98 Å². The quantitative estimate of drug-likeness (QED) is 0.474. The molecule has 4 nitrogen and oxygen atoms in total. The largest absolute Gasteiger partial charge is 0.462 e. The number of hydrogen-bond donors (Lipinski definition) is 1. The first-order valence-electron chi connectivity index (χ1n) is 12.7. The minimum absolute atomic E-state index is 0.0741. The van der Waals surface area contributed by atoms with Crippen LogP contribution >= 0.6 is 11.3 Å². The Kier molecular flexibility index (Phi) is 5.18. The summed E-state index contributed by atoms with van der Waals surface area (Å²) >= 11 is 1.72. The van der Waals surface area contributed by atoms with Gasteiger partial charge in [-0.3, -0.25) is 4.79 Å². The summed E-state index contributed by atoms with van der Waals surface area (Å²) in [7, 11) is 0. The summed E-state index contributed by atoms with van der Waals surface area (Å²) in [4.78, 5) is 18.0. The summed E-state index contributed by atoms with van der Waals surface area (Å²) in [5.41, 5.74) is 3.68. The Labute approximate surface area is 205 Å². The van der Waals surface area contributed by atoms with Gasteiger partial charge in [-0.2, -0.15) is 0 Å². The van der Waals surface area contributed by atoms with Crippen molar-refractivity contribution in [2.45, 2.75) is 71.8 Å². The average Bonchev–Trinajstić information content (AvgIpc) is 3.33. The molecule has 4 aliphatic carbocycles. The number of allylic oxidation sites excluding steroid dienone is 2. The number of nitrogens with one attached hydrogen (secondary N) is 1. The van der Waals surface area contributed by atoms with Gasteiger partial charge >= 0.3 is 5.97 Å². The summed E-state index contributed by atoms with van der Waals surface area (Å²) in [5.74, 6) is 1.56. The van der Waals surface area contributed by atoms with Crippen molar-refractivity contribution >= 4 is 33.7 Å². The number of thiazole rings is 1. The number of nitrogens with zero attached hydrogens (tertiary/aromatic N) is 1. The van der Waals surface area contributed by atoms with Crippen LogP contribution in [0.1, 0.15) is 69.9 Å². The van der Waals surface area contributed by atoms with E-state index in [2.05, 4.69) is 25.2 Å². The Morgan fingerprint density at radius 2 is 2.06 bits per heavy atom. The number of halogens is 1. The second-order valence-corrected chi connectivity index (χ2v) is 12.3. The first-order chi connectivity index (χ1) is 16.3. The van der Waals surface area contributed by atoms with E-state index >= 15 is 0 Å². The van der Waals surface area contributed by atoms with Gasteiger partial charge in [0.25, 0.3) is 0 Å². The number of carbonyl (C=O) groups excluding carboxylic acids is 1. The van der Waals surface area contributed by atoms with Crippen LogP contribution in [0.3, 0.4) is 0 Å². The molecular formula is C28H33FN2O2S.